The lowest BCUT2D eigenvalue weighted by Crippen LogP contribution is -2.27. The number of alkyl halides is 3. The topological polar surface area (TPSA) is 76.7 Å². The van der Waals surface area contributed by atoms with Gasteiger partial charge in [-0.25, -0.2) is 0 Å². The van der Waals surface area contributed by atoms with Crippen LogP contribution in [-0.2, 0) is 15.7 Å². The van der Waals surface area contributed by atoms with Crippen LogP contribution in [0.4, 0.5) is 24.5 Å². The van der Waals surface area contributed by atoms with Gasteiger partial charge in [-0.3, -0.25) is 9.59 Å². The molecule has 176 valence electrons. The number of anilines is 2. The maximum Gasteiger partial charge on any atom is 0.418 e. The van der Waals surface area contributed by atoms with E-state index in [9.17, 15) is 22.8 Å². The summed E-state index contributed by atoms with van der Waals surface area (Å²) in [7, 11) is 0. The molecule has 1 unspecified atom stereocenters. The fourth-order valence-corrected chi connectivity index (χ4v) is 3.49. The number of hydrogen-bond acceptors (Lipinski definition) is 4. The minimum absolute atomic E-state index is 0.0379. The Morgan fingerprint density at radius 2 is 1.68 bits per heavy atom. The molecule has 2 amide bonds. The lowest BCUT2D eigenvalue weighted by atomic mass is 10.1. The summed E-state index contributed by atoms with van der Waals surface area (Å²) in [5.74, 6) is -0.320. The molecule has 3 aromatic carbocycles. The van der Waals surface area contributed by atoms with Crippen LogP contribution in [0.5, 0.6) is 11.5 Å². The summed E-state index contributed by atoms with van der Waals surface area (Å²) in [5, 5.41) is 4.75. The number of para-hydroxylation sites is 1. The Morgan fingerprint density at radius 3 is 2.38 bits per heavy atom. The number of carbonyl (C=O) groups is 2. The van der Waals surface area contributed by atoms with Gasteiger partial charge in [-0.05, 0) is 61.4 Å². The standard InChI is InChI=1S/C25H21F3N2O4/c26-25(27,28)20-15-17(29-24(32)22-10-5-13-33-22)11-12-21(20)30-23(31)16-6-4-9-19(14-16)34-18-7-2-1-3-8-18/h1-4,6-9,11-12,14-15,22H,5,10,13H2,(H,29,32)(H,30,31). The van der Waals surface area contributed by atoms with Crippen molar-refractivity contribution in [3.8, 4) is 11.5 Å². The highest BCUT2D eigenvalue weighted by atomic mass is 19.4. The van der Waals surface area contributed by atoms with Crippen LogP contribution in [0, 0.1) is 0 Å². The molecule has 1 heterocycles. The molecule has 1 aliphatic rings. The van der Waals surface area contributed by atoms with E-state index in [-0.39, 0.29) is 11.3 Å². The Hall–Kier alpha value is -3.85. The average molecular weight is 470 g/mol. The van der Waals surface area contributed by atoms with Gasteiger partial charge in [0.2, 0.25) is 0 Å². The SMILES string of the molecule is O=C(Nc1ccc(NC(=O)C2CCCO2)cc1C(F)(F)F)c1cccc(Oc2ccccc2)c1. The van der Waals surface area contributed by atoms with Crippen molar-refractivity contribution in [2.45, 2.75) is 25.1 Å². The highest BCUT2D eigenvalue weighted by Crippen LogP contribution is 2.37. The molecule has 3 aromatic rings. The predicted octanol–water partition coefficient (Wildman–Crippen LogP) is 5.87. The third kappa shape index (κ3) is 5.74. The van der Waals surface area contributed by atoms with Crippen molar-refractivity contribution in [3.63, 3.8) is 0 Å². The van der Waals surface area contributed by atoms with Crippen LogP contribution in [0.25, 0.3) is 0 Å². The summed E-state index contributed by atoms with van der Waals surface area (Å²) < 4.78 is 52.1. The molecule has 1 saturated heterocycles. The highest BCUT2D eigenvalue weighted by molar-refractivity contribution is 6.05. The van der Waals surface area contributed by atoms with Crippen molar-refractivity contribution < 1.29 is 32.2 Å². The number of rotatable bonds is 6. The van der Waals surface area contributed by atoms with Crippen LogP contribution in [-0.4, -0.2) is 24.5 Å². The maximum absolute atomic E-state index is 13.7. The molecule has 1 fully saturated rings. The first kappa shape index (κ1) is 23.3. The monoisotopic (exact) mass is 470 g/mol. The van der Waals surface area contributed by atoms with E-state index in [0.29, 0.717) is 30.9 Å². The largest absolute Gasteiger partial charge is 0.457 e. The quantitative estimate of drug-likeness (QED) is 0.473. The molecule has 2 N–H and O–H groups in total. The van der Waals surface area contributed by atoms with E-state index >= 15 is 0 Å². The number of carbonyl (C=O) groups excluding carboxylic acids is 2. The van der Waals surface area contributed by atoms with Gasteiger partial charge >= 0.3 is 6.18 Å². The molecule has 1 aliphatic heterocycles. The third-order valence-electron chi connectivity index (χ3n) is 5.14. The second-order valence-corrected chi connectivity index (χ2v) is 7.65. The summed E-state index contributed by atoms with van der Waals surface area (Å²) >= 11 is 0. The van der Waals surface area contributed by atoms with Crippen LogP contribution in [0.2, 0.25) is 0 Å². The van der Waals surface area contributed by atoms with Gasteiger partial charge in [-0.1, -0.05) is 24.3 Å². The molecule has 0 radical (unpaired) electrons. The van der Waals surface area contributed by atoms with Crippen LogP contribution < -0.4 is 15.4 Å². The highest BCUT2D eigenvalue weighted by Gasteiger charge is 2.35. The van der Waals surface area contributed by atoms with E-state index in [2.05, 4.69) is 10.6 Å². The van der Waals surface area contributed by atoms with Crippen molar-refractivity contribution in [2.24, 2.45) is 0 Å². The number of nitrogens with one attached hydrogen (secondary N) is 2. The van der Waals surface area contributed by atoms with E-state index in [1.165, 1.54) is 18.2 Å². The molecule has 34 heavy (non-hydrogen) atoms. The Kier molecular flexibility index (Phi) is 6.83. The molecule has 0 bridgehead atoms. The van der Waals surface area contributed by atoms with Gasteiger partial charge in [-0.15, -0.1) is 0 Å². The van der Waals surface area contributed by atoms with Crippen molar-refractivity contribution in [3.05, 3.63) is 83.9 Å². The Labute approximate surface area is 193 Å². The van der Waals surface area contributed by atoms with Gasteiger partial charge in [-0.2, -0.15) is 13.2 Å². The predicted molar refractivity (Wildman–Crippen MR) is 120 cm³/mol. The van der Waals surface area contributed by atoms with Crippen molar-refractivity contribution >= 4 is 23.2 Å². The number of ether oxygens (including phenoxy) is 2. The van der Waals surface area contributed by atoms with Gasteiger partial charge in [0, 0.05) is 17.9 Å². The van der Waals surface area contributed by atoms with Crippen molar-refractivity contribution in [1.82, 2.24) is 0 Å². The van der Waals surface area contributed by atoms with E-state index < -0.39 is 35.3 Å². The summed E-state index contributed by atoms with van der Waals surface area (Å²) in [5.41, 5.74) is -1.42. The molecular weight excluding hydrogens is 449 g/mol. The molecule has 1 atom stereocenters. The second kappa shape index (κ2) is 9.96. The molecule has 9 heteroatoms. The lowest BCUT2D eigenvalue weighted by molar-refractivity contribution is -0.137. The van der Waals surface area contributed by atoms with Crippen molar-refractivity contribution in [1.29, 1.82) is 0 Å². The van der Waals surface area contributed by atoms with Gasteiger partial charge in [0.05, 0.1) is 11.3 Å². The fourth-order valence-electron chi connectivity index (χ4n) is 3.49. The maximum atomic E-state index is 13.7. The summed E-state index contributed by atoms with van der Waals surface area (Å²) in [6.45, 7) is 0.439. The summed E-state index contributed by atoms with van der Waals surface area (Å²) in [4.78, 5) is 24.9. The Bertz CT molecular complexity index is 1180. The molecule has 0 aliphatic carbocycles. The van der Waals surface area contributed by atoms with Gasteiger partial charge in [0.15, 0.2) is 0 Å². The summed E-state index contributed by atoms with van der Waals surface area (Å²) in [6, 6.07) is 18.2. The molecule has 0 saturated carbocycles. The Balaban J connectivity index is 1.51. The smallest absolute Gasteiger partial charge is 0.418 e. The summed E-state index contributed by atoms with van der Waals surface area (Å²) in [6.07, 6.45) is -4.21. The zero-order chi connectivity index (χ0) is 24.1. The van der Waals surface area contributed by atoms with Crippen LogP contribution in [0.1, 0.15) is 28.8 Å². The van der Waals surface area contributed by atoms with E-state index in [4.69, 9.17) is 9.47 Å². The normalized spacial score (nSPS) is 15.6. The third-order valence-corrected chi connectivity index (χ3v) is 5.14. The van der Waals surface area contributed by atoms with E-state index in [1.807, 2.05) is 6.07 Å². The first-order chi connectivity index (χ1) is 16.3. The van der Waals surface area contributed by atoms with Crippen LogP contribution >= 0.6 is 0 Å². The zero-order valence-electron chi connectivity index (χ0n) is 17.9. The number of hydrogen-bond donors (Lipinski definition) is 2. The zero-order valence-corrected chi connectivity index (χ0v) is 17.9. The fraction of sp³-hybridized carbons (Fsp3) is 0.200. The first-order valence-corrected chi connectivity index (χ1v) is 10.6. The molecule has 4 rings (SSSR count). The van der Waals surface area contributed by atoms with Crippen LogP contribution in [0.15, 0.2) is 72.8 Å². The molecule has 0 aromatic heterocycles. The molecule has 0 spiro atoms. The molecular formula is C25H21F3N2O4. The average Bonchev–Trinajstić information content (AvgIpc) is 3.35. The van der Waals surface area contributed by atoms with E-state index in [1.54, 1.807) is 36.4 Å². The lowest BCUT2D eigenvalue weighted by Gasteiger charge is -2.17. The number of halogens is 3. The van der Waals surface area contributed by atoms with Gasteiger partial charge < -0.3 is 20.1 Å². The number of amides is 2. The minimum atomic E-state index is -4.76. The number of benzene rings is 3. The minimum Gasteiger partial charge on any atom is -0.457 e. The van der Waals surface area contributed by atoms with Crippen LogP contribution in [0.3, 0.4) is 0 Å². The van der Waals surface area contributed by atoms with E-state index in [0.717, 1.165) is 12.1 Å². The Morgan fingerprint density at radius 1 is 0.912 bits per heavy atom. The second-order valence-electron chi connectivity index (χ2n) is 7.65. The molecule has 6 nitrogen and oxygen atoms in total. The van der Waals surface area contributed by atoms with Crippen molar-refractivity contribution in [2.75, 3.05) is 17.2 Å². The van der Waals surface area contributed by atoms with Gasteiger partial charge in [0.1, 0.15) is 17.6 Å². The first-order valence-electron chi connectivity index (χ1n) is 10.6. The van der Waals surface area contributed by atoms with Gasteiger partial charge in [0.25, 0.3) is 11.8 Å².